The number of likely N-dealkylation sites (tertiary alicyclic amines) is 1. The molecule has 0 bridgehead atoms. The van der Waals surface area contributed by atoms with Crippen LogP contribution in [-0.2, 0) is 24.5 Å². The third-order valence-corrected chi connectivity index (χ3v) is 5.66. The van der Waals surface area contributed by atoms with Crippen LogP contribution in [0.15, 0.2) is 54.6 Å². The molecule has 0 saturated carbocycles. The van der Waals surface area contributed by atoms with Crippen molar-refractivity contribution in [2.45, 2.75) is 25.2 Å². The number of piperidine rings is 1. The summed E-state index contributed by atoms with van der Waals surface area (Å²) in [5.74, 6) is -0.764. The van der Waals surface area contributed by atoms with E-state index >= 15 is 0 Å². The van der Waals surface area contributed by atoms with Crippen molar-refractivity contribution in [3.8, 4) is 0 Å². The maximum atomic E-state index is 12.8. The highest BCUT2D eigenvalue weighted by Crippen LogP contribution is 2.36. The Kier molecular flexibility index (Phi) is 7.41. The highest BCUT2D eigenvalue weighted by atomic mass is 16.5. The third kappa shape index (κ3) is 5.30. The molecule has 1 N–H and O–H groups in total. The average molecular weight is 424 g/mol. The van der Waals surface area contributed by atoms with Crippen molar-refractivity contribution >= 4 is 23.5 Å². The van der Waals surface area contributed by atoms with Crippen LogP contribution in [0.4, 0.5) is 5.69 Å². The summed E-state index contributed by atoms with van der Waals surface area (Å²) in [6.45, 7) is 3.61. The molecule has 3 rings (SSSR count). The molecule has 1 amide bonds. The van der Waals surface area contributed by atoms with Crippen LogP contribution < -0.4 is 5.32 Å². The number of ether oxygens (including phenoxy) is 2. The van der Waals surface area contributed by atoms with Gasteiger partial charge in [-0.05, 0) is 49.6 Å². The Labute approximate surface area is 182 Å². The van der Waals surface area contributed by atoms with E-state index in [4.69, 9.17) is 4.74 Å². The number of nitrogens with zero attached hydrogens (tertiary/aromatic N) is 1. The topological polar surface area (TPSA) is 84.9 Å². The van der Waals surface area contributed by atoms with Gasteiger partial charge >= 0.3 is 11.9 Å². The summed E-state index contributed by atoms with van der Waals surface area (Å²) in [4.78, 5) is 38.9. The summed E-state index contributed by atoms with van der Waals surface area (Å²) >= 11 is 0. The maximum absolute atomic E-state index is 12.8. The number of esters is 2. The van der Waals surface area contributed by atoms with Crippen molar-refractivity contribution in [1.82, 2.24) is 4.90 Å². The Morgan fingerprint density at radius 2 is 1.65 bits per heavy atom. The molecule has 164 valence electrons. The van der Waals surface area contributed by atoms with Gasteiger partial charge < -0.3 is 14.8 Å². The predicted molar refractivity (Wildman–Crippen MR) is 117 cm³/mol. The summed E-state index contributed by atoms with van der Waals surface area (Å²) in [5.41, 5.74) is 1.32. The first-order valence-corrected chi connectivity index (χ1v) is 10.4. The van der Waals surface area contributed by atoms with Gasteiger partial charge in [0, 0.05) is 18.8 Å². The van der Waals surface area contributed by atoms with Crippen molar-refractivity contribution in [1.29, 1.82) is 0 Å². The van der Waals surface area contributed by atoms with Gasteiger partial charge in [-0.25, -0.2) is 4.79 Å². The van der Waals surface area contributed by atoms with E-state index in [9.17, 15) is 14.4 Å². The largest absolute Gasteiger partial charge is 0.465 e. The molecule has 0 unspecified atom stereocenters. The summed E-state index contributed by atoms with van der Waals surface area (Å²) < 4.78 is 10.1. The number of anilines is 1. The van der Waals surface area contributed by atoms with E-state index in [1.54, 1.807) is 24.3 Å². The molecule has 7 heteroatoms. The summed E-state index contributed by atoms with van der Waals surface area (Å²) in [7, 11) is 1.32. The van der Waals surface area contributed by atoms with Gasteiger partial charge in [-0.1, -0.05) is 30.3 Å². The van der Waals surface area contributed by atoms with Crippen LogP contribution >= 0.6 is 0 Å². The second-order valence-electron chi connectivity index (χ2n) is 7.56. The number of hydrogen-bond acceptors (Lipinski definition) is 6. The molecule has 31 heavy (non-hydrogen) atoms. The van der Waals surface area contributed by atoms with Crippen molar-refractivity contribution in [3.63, 3.8) is 0 Å². The molecule has 1 heterocycles. The van der Waals surface area contributed by atoms with Gasteiger partial charge in [0.15, 0.2) is 0 Å². The zero-order chi connectivity index (χ0) is 22.3. The first-order valence-electron chi connectivity index (χ1n) is 10.4. The number of methoxy groups -OCH3 is 1. The van der Waals surface area contributed by atoms with E-state index in [1.807, 2.05) is 42.2 Å². The number of rotatable bonds is 7. The molecule has 7 nitrogen and oxygen atoms in total. The fourth-order valence-corrected chi connectivity index (χ4v) is 3.94. The normalized spacial score (nSPS) is 15.7. The molecule has 0 aliphatic carbocycles. The number of nitrogens with one attached hydrogen (secondary N) is 1. The summed E-state index contributed by atoms with van der Waals surface area (Å²) in [6, 6.07) is 16.3. The average Bonchev–Trinajstić information content (AvgIpc) is 2.80. The van der Waals surface area contributed by atoms with Crippen molar-refractivity contribution < 1.29 is 23.9 Å². The lowest BCUT2D eigenvalue weighted by Gasteiger charge is -2.40. The van der Waals surface area contributed by atoms with Crippen LogP contribution in [0, 0.1) is 0 Å². The van der Waals surface area contributed by atoms with Crippen molar-refractivity contribution in [2.75, 3.05) is 38.7 Å². The van der Waals surface area contributed by atoms with Gasteiger partial charge in [0.25, 0.3) is 0 Å². The lowest BCUT2D eigenvalue weighted by atomic mass is 9.72. The minimum atomic E-state index is -0.673. The van der Waals surface area contributed by atoms with Crippen LogP contribution in [0.1, 0.15) is 35.7 Å². The minimum Gasteiger partial charge on any atom is -0.465 e. The number of hydrogen-bond donors (Lipinski definition) is 1. The molecular weight excluding hydrogens is 396 g/mol. The lowest BCUT2D eigenvalue weighted by molar-refractivity contribution is -0.152. The van der Waals surface area contributed by atoms with Gasteiger partial charge in [-0.2, -0.15) is 0 Å². The maximum Gasteiger partial charge on any atom is 0.337 e. The number of amides is 1. The van der Waals surface area contributed by atoms with Crippen LogP contribution in [0.2, 0.25) is 0 Å². The van der Waals surface area contributed by atoms with E-state index in [1.165, 1.54) is 7.11 Å². The van der Waals surface area contributed by atoms with Crippen molar-refractivity contribution in [3.05, 3.63) is 65.7 Å². The smallest absolute Gasteiger partial charge is 0.337 e. The minimum absolute atomic E-state index is 0.144. The van der Waals surface area contributed by atoms with Gasteiger partial charge in [0.2, 0.25) is 5.91 Å². The summed E-state index contributed by atoms with van der Waals surface area (Å²) in [6.07, 6.45) is 1.19. The SMILES string of the molecule is CCOC(=O)C1(c2ccccc2)CCN(CC(=O)Nc2ccc(C(=O)OC)cc2)CC1. The highest BCUT2D eigenvalue weighted by molar-refractivity contribution is 5.94. The molecule has 1 saturated heterocycles. The Hall–Kier alpha value is -3.19. The second kappa shape index (κ2) is 10.2. The Morgan fingerprint density at radius 3 is 2.23 bits per heavy atom. The fourth-order valence-electron chi connectivity index (χ4n) is 3.94. The second-order valence-corrected chi connectivity index (χ2v) is 7.56. The Balaban J connectivity index is 1.59. The first-order chi connectivity index (χ1) is 15.0. The number of benzene rings is 2. The quantitative estimate of drug-likeness (QED) is 0.688. The zero-order valence-corrected chi connectivity index (χ0v) is 17.9. The van der Waals surface area contributed by atoms with Gasteiger partial charge in [0.1, 0.15) is 0 Å². The molecule has 0 spiro atoms. The first kappa shape index (κ1) is 22.5. The number of carbonyl (C=O) groups excluding carboxylic acids is 3. The standard InChI is InChI=1S/C24H28N2O5/c1-3-31-23(29)24(19-7-5-4-6-8-19)13-15-26(16-14-24)17-21(27)25-20-11-9-18(10-12-20)22(28)30-2/h4-12H,3,13-17H2,1-2H3,(H,25,27). The summed E-state index contributed by atoms with van der Waals surface area (Å²) in [5, 5.41) is 2.84. The molecule has 0 radical (unpaired) electrons. The fraction of sp³-hybridized carbons (Fsp3) is 0.375. The van der Waals surface area contributed by atoms with Crippen LogP contribution in [0.5, 0.6) is 0 Å². The Morgan fingerprint density at radius 1 is 1.00 bits per heavy atom. The van der Waals surface area contributed by atoms with Crippen LogP contribution in [0.25, 0.3) is 0 Å². The van der Waals surface area contributed by atoms with Gasteiger partial charge in [-0.3, -0.25) is 14.5 Å². The predicted octanol–water partition coefficient (Wildman–Crippen LogP) is 3.01. The van der Waals surface area contributed by atoms with E-state index in [2.05, 4.69) is 10.1 Å². The molecule has 1 fully saturated rings. The zero-order valence-electron chi connectivity index (χ0n) is 17.9. The monoisotopic (exact) mass is 424 g/mol. The highest BCUT2D eigenvalue weighted by Gasteiger charge is 2.44. The van der Waals surface area contributed by atoms with Crippen LogP contribution in [0.3, 0.4) is 0 Å². The third-order valence-electron chi connectivity index (χ3n) is 5.66. The molecular formula is C24H28N2O5. The molecule has 0 aromatic heterocycles. The molecule has 1 aliphatic heterocycles. The van der Waals surface area contributed by atoms with E-state index in [0.717, 1.165) is 5.56 Å². The molecule has 0 atom stereocenters. The van der Waals surface area contributed by atoms with Crippen LogP contribution in [-0.4, -0.2) is 56.1 Å². The van der Waals surface area contributed by atoms with Gasteiger partial charge in [0.05, 0.1) is 31.2 Å². The van der Waals surface area contributed by atoms with Crippen molar-refractivity contribution in [2.24, 2.45) is 0 Å². The molecule has 2 aromatic rings. The number of carbonyl (C=O) groups is 3. The van der Waals surface area contributed by atoms with E-state index in [-0.39, 0.29) is 18.4 Å². The van der Waals surface area contributed by atoms with Gasteiger partial charge in [-0.15, -0.1) is 0 Å². The molecule has 2 aromatic carbocycles. The Bertz CT molecular complexity index is 903. The van der Waals surface area contributed by atoms with E-state index < -0.39 is 11.4 Å². The molecule has 1 aliphatic rings. The van der Waals surface area contributed by atoms with E-state index in [0.29, 0.717) is 43.8 Å². The lowest BCUT2D eigenvalue weighted by Crippen LogP contribution is -2.49.